The van der Waals surface area contributed by atoms with Crippen molar-refractivity contribution in [3.63, 3.8) is 0 Å². The van der Waals surface area contributed by atoms with Crippen LogP contribution in [0.1, 0.15) is 36.8 Å². The van der Waals surface area contributed by atoms with Crippen molar-refractivity contribution < 1.29 is 19.1 Å². The molecule has 0 aliphatic carbocycles. The van der Waals surface area contributed by atoms with Crippen LogP contribution in [0.2, 0.25) is 0 Å². The van der Waals surface area contributed by atoms with Gasteiger partial charge in [0.1, 0.15) is 11.4 Å². The van der Waals surface area contributed by atoms with Gasteiger partial charge >= 0.3 is 11.8 Å². The van der Waals surface area contributed by atoms with E-state index in [1.54, 1.807) is 61.7 Å². The van der Waals surface area contributed by atoms with Crippen LogP contribution in [0.3, 0.4) is 0 Å². The molecule has 8 nitrogen and oxygen atoms in total. The van der Waals surface area contributed by atoms with E-state index in [1.165, 1.54) is 4.68 Å². The van der Waals surface area contributed by atoms with Crippen molar-refractivity contribution in [2.75, 3.05) is 23.2 Å². The zero-order valence-corrected chi connectivity index (χ0v) is 22.5. The largest absolute Gasteiger partial charge is 0.497 e. The third-order valence-corrected chi connectivity index (χ3v) is 6.27. The molecule has 0 unspecified atom stereocenters. The standard InChI is InChI=1S/C28H27BrN4O4/c1-28(2,3)18-5-8-20(9-6-18)31-26(35)27(36)32-33-23-14-7-19(29)15-17(23)16-24(33)25(34)30-21-10-12-22(37-4)13-11-21/h5-16H,1-4H3,(H,30,34)(H,31,35)(H,32,36). The van der Waals surface area contributed by atoms with Crippen LogP contribution < -0.4 is 20.8 Å². The lowest BCUT2D eigenvalue weighted by molar-refractivity contribution is -0.133. The number of carbonyl (C=O) groups excluding carboxylic acids is 3. The van der Waals surface area contributed by atoms with Gasteiger partial charge in [-0.25, -0.2) is 4.68 Å². The molecule has 3 aromatic carbocycles. The molecule has 1 heterocycles. The summed E-state index contributed by atoms with van der Waals surface area (Å²) in [5.74, 6) is -1.58. The van der Waals surface area contributed by atoms with Crippen LogP contribution in [0, 0.1) is 0 Å². The molecule has 1 aromatic heterocycles. The van der Waals surface area contributed by atoms with Gasteiger partial charge in [0, 0.05) is 21.2 Å². The van der Waals surface area contributed by atoms with E-state index in [1.807, 2.05) is 18.2 Å². The number of carbonyl (C=O) groups is 3. The number of methoxy groups -OCH3 is 1. The molecule has 0 aliphatic rings. The summed E-state index contributed by atoms with van der Waals surface area (Å²) >= 11 is 3.43. The normalized spacial score (nSPS) is 11.2. The quantitative estimate of drug-likeness (QED) is 0.273. The Morgan fingerprint density at radius 3 is 2.05 bits per heavy atom. The number of halogens is 1. The smallest absolute Gasteiger partial charge is 0.328 e. The van der Waals surface area contributed by atoms with Crippen LogP contribution >= 0.6 is 15.9 Å². The first-order valence-corrected chi connectivity index (χ1v) is 12.3. The Bertz CT molecular complexity index is 1470. The van der Waals surface area contributed by atoms with Crippen LogP contribution in [-0.4, -0.2) is 29.5 Å². The fraction of sp³-hybridized carbons (Fsp3) is 0.179. The molecule has 4 aromatic rings. The number of hydrogen-bond donors (Lipinski definition) is 3. The summed E-state index contributed by atoms with van der Waals surface area (Å²) in [4.78, 5) is 38.7. The summed E-state index contributed by atoms with van der Waals surface area (Å²) in [6.07, 6.45) is 0. The predicted octanol–water partition coefficient (Wildman–Crippen LogP) is 5.67. The number of rotatable bonds is 5. The van der Waals surface area contributed by atoms with E-state index in [0.717, 1.165) is 10.0 Å². The number of amides is 3. The second-order valence-corrected chi connectivity index (χ2v) is 10.4. The number of hydrogen-bond acceptors (Lipinski definition) is 4. The number of benzene rings is 3. The number of fused-ring (bicyclic) bond motifs is 1. The zero-order valence-electron chi connectivity index (χ0n) is 20.9. The van der Waals surface area contributed by atoms with Crippen molar-refractivity contribution in [1.82, 2.24) is 4.68 Å². The minimum Gasteiger partial charge on any atom is -0.497 e. The first-order valence-electron chi connectivity index (χ1n) is 11.5. The maximum atomic E-state index is 13.2. The third-order valence-electron chi connectivity index (χ3n) is 5.77. The summed E-state index contributed by atoms with van der Waals surface area (Å²) < 4.78 is 7.27. The molecule has 4 rings (SSSR count). The molecule has 3 amide bonds. The molecule has 0 saturated heterocycles. The topological polar surface area (TPSA) is 101 Å². The van der Waals surface area contributed by atoms with Crippen molar-refractivity contribution >= 4 is 55.9 Å². The molecule has 37 heavy (non-hydrogen) atoms. The van der Waals surface area contributed by atoms with E-state index in [0.29, 0.717) is 28.0 Å². The van der Waals surface area contributed by atoms with Gasteiger partial charge in [-0.1, -0.05) is 48.8 Å². The molecule has 9 heteroatoms. The van der Waals surface area contributed by atoms with Gasteiger partial charge in [-0.05, 0) is 71.6 Å². The highest BCUT2D eigenvalue weighted by molar-refractivity contribution is 9.10. The Morgan fingerprint density at radius 2 is 1.43 bits per heavy atom. The second kappa shape index (κ2) is 10.5. The molecule has 3 N–H and O–H groups in total. The third kappa shape index (κ3) is 6.00. The minimum absolute atomic E-state index is 0.0345. The van der Waals surface area contributed by atoms with E-state index < -0.39 is 17.7 Å². The van der Waals surface area contributed by atoms with Crippen LogP contribution in [0.15, 0.2) is 77.3 Å². The second-order valence-electron chi connectivity index (χ2n) is 9.47. The molecule has 0 aliphatic heterocycles. The van der Waals surface area contributed by atoms with Gasteiger partial charge in [0.2, 0.25) is 0 Å². The Morgan fingerprint density at radius 1 is 0.811 bits per heavy atom. The predicted molar refractivity (Wildman–Crippen MR) is 149 cm³/mol. The number of anilines is 2. The average Bonchev–Trinajstić information content (AvgIpc) is 3.21. The molecule has 0 spiro atoms. The Hall–Kier alpha value is -4.11. The van der Waals surface area contributed by atoms with Crippen molar-refractivity contribution in [3.8, 4) is 5.75 Å². The Kier molecular flexibility index (Phi) is 7.35. The summed E-state index contributed by atoms with van der Waals surface area (Å²) in [5.41, 5.74) is 5.38. The van der Waals surface area contributed by atoms with Crippen molar-refractivity contribution in [2.45, 2.75) is 26.2 Å². The van der Waals surface area contributed by atoms with E-state index in [-0.39, 0.29) is 11.1 Å². The lowest BCUT2D eigenvalue weighted by Gasteiger charge is -2.19. The summed E-state index contributed by atoms with van der Waals surface area (Å²) in [5, 5.41) is 6.11. The molecular weight excluding hydrogens is 536 g/mol. The number of ether oxygens (including phenoxy) is 1. The van der Waals surface area contributed by atoms with Crippen molar-refractivity contribution in [1.29, 1.82) is 0 Å². The van der Waals surface area contributed by atoms with Gasteiger partial charge in [0.25, 0.3) is 5.91 Å². The van der Waals surface area contributed by atoms with E-state index in [4.69, 9.17) is 4.74 Å². The van der Waals surface area contributed by atoms with Gasteiger partial charge in [-0.3, -0.25) is 19.8 Å². The van der Waals surface area contributed by atoms with Crippen LogP contribution in [0.4, 0.5) is 11.4 Å². The SMILES string of the molecule is COc1ccc(NC(=O)c2cc3cc(Br)ccc3n2NC(=O)C(=O)Nc2ccc(C(C)(C)C)cc2)cc1. The Balaban J connectivity index is 1.56. The molecule has 0 atom stereocenters. The van der Waals surface area contributed by atoms with Gasteiger partial charge in [0.05, 0.1) is 12.6 Å². The van der Waals surface area contributed by atoms with E-state index in [9.17, 15) is 14.4 Å². The number of nitrogens with one attached hydrogen (secondary N) is 3. The average molecular weight is 563 g/mol. The highest BCUT2D eigenvalue weighted by Crippen LogP contribution is 2.25. The number of aromatic nitrogens is 1. The van der Waals surface area contributed by atoms with Gasteiger partial charge < -0.3 is 15.4 Å². The molecule has 0 bridgehead atoms. The van der Waals surface area contributed by atoms with Crippen LogP contribution in [0.5, 0.6) is 5.75 Å². The molecule has 190 valence electrons. The minimum atomic E-state index is -0.918. The summed E-state index contributed by atoms with van der Waals surface area (Å²) in [7, 11) is 1.56. The molecule has 0 saturated carbocycles. The first-order chi connectivity index (χ1) is 17.5. The summed E-state index contributed by atoms with van der Waals surface area (Å²) in [6.45, 7) is 6.28. The van der Waals surface area contributed by atoms with E-state index >= 15 is 0 Å². The van der Waals surface area contributed by atoms with Gasteiger partial charge in [-0.15, -0.1) is 0 Å². The lowest BCUT2D eigenvalue weighted by atomic mass is 9.87. The Labute approximate surface area is 223 Å². The molecular formula is C28H27BrN4O4. The fourth-order valence-corrected chi connectivity index (χ4v) is 4.12. The monoisotopic (exact) mass is 562 g/mol. The number of nitrogens with zero attached hydrogens (tertiary/aromatic N) is 1. The highest BCUT2D eigenvalue weighted by Gasteiger charge is 2.22. The van der Waals surface area contributed by atoms with Gasteiger partial charge in [-0.2, -0.15) is 0 Å². The van der Waals surface area contributed by atoms with Crippen molar-refractivity contribution in [2.24, 2.45) is 0 Å². The lowest BCUT2D eigenvalue weighted by Crippen LogP contribution is -2.36. The molecule has 0 fully saturated rings. The molecule has 0 radical (unpaired) electrons. The maximum Gasteiger partial charge on any atom is 0.328 e. The first kappa shape index (κ1) is 26.0. The zero-order chi connectivity index (χ0) is 26.7. The van der Waals surface area contributed by atoms with E-state index in [2.05, 4.69) is 52.8 Å². The van der Waals surface area contributed by atoms with Crippen molar-refractivity contribution in [3.05, 3.63) is 88.5 Å². The van der Waals surface area contributed by atoms with Crippen LogP contribution in [-0.2, 0) is 15.0 Å². The highest BCUT2D eigenvalue weighted by atomic mass is 79.9. The van der Waals surface area contributed by atoms with Gasteiger partial charge in [0.15, 0.2) is 0 Å². The maximum absolute atomic E-state index is 13.2. The van der Waals surface area contributed by atoms with Crippen LogP contribution in [0.25, 0.3) is 10.9 Å². The summed E-state index contributed by atoms with van der Waals surface area (Å²) in [6, 6.07) is 21.2. The fourth-order valence-electron chi connectivity index (χ4n) is 3.74.